The van der Waals surface area contributed by atoms with Crippen molar-refractivity contribution in [1.82, 2.24) is 15.3 Å². The quantitative estimate of drug-likeness (QED) is 0.415. The molecule has 0 aliphatic carbocycles. The van der Waals surface area contributed by atoms with Crippen LogP contribution in [0.1, 0.15) is 0 Å². The Kier molecular flexibility index (Phi) is 5.51. The number of nitrogens with zero attached hydrogens (tertiary/aromatic N) is 3. The molecule has 4 aromatic rings. The highest BCUT2D eigenvalue weighted by Crippen LogP contribution is 2.33. The van der Waals surface area contributed by atoms with Crippen LogP contribution in [0.5, 0.6) is 0 Å². The van der Waals surface area contributed by atoms with E-state index in [4.69, 9.17) is 17.3 Å². The minimum absolute atomic E-state index is 0.319. The van der Waals surface area contributed by atoms with Crippen LogP contribution in [0.3, 0.4) is 0 Å². The van der Waals surface area contributed by atoms with E-state index in [-0.39, 0.29) is 5.82 Å². The summed E-state index contributed by atoms with van der Waals surface area (Å²) in [6.45, 7) is 3.94. The van der Waals surface area contributed by atoms with Gasteiger partial charge in [-0.2, -0.15) is 4.98 Å². The van der Waals surface area contributed by atoms with Crippen molar-refractivity contribution < 1.29 is 4.39 Å². The predicted octanol–water partition coefficient (Wildman–Crippen LogP) is 4.82. The number of aromatic nitrogens is 2. The molecule has 0 bridgehead atoms. The number of nitrogen functional groups attached to an aromatic ring is 1. The van der Waals surface area contributed by atoms with Crippen molar-refractivity contribution in [3.05, 3.63) is 71.5 Å². The molecule has 8 heteroatoms. The number of halogens is 2. The Hall–Kier alpha value is -3.42. The molecule has 0 spiro atoms. The van der Waals surface area contributed by atoms with Gasteiger partial charge in [0.15, 0.2) is 0 Å². The molecule has 1 saturated heterocycles. The Labute approximate surface area is 190 Å². The maximum atomic E-state index is 14.6. The lowest BCUT2D eigenvalue weighted by Crippen LogP contribution is -2.43. The van der Waals surface area contributed by atoms with Gasteiger partial charge in [-0.25, -0.2) is 9.37 Å². The molecule has 0 radical (unpaired) electrons. The predicted molar refractivity (Wildman–Crippen MR) is 129 cm³/mol. The highest BCUT2D eigenvalue weighted by atomic mass is 35.5. The van der Waals surface area contributed by atoms with E-state index >= 15 is 0 Å². The number of benzene rings is 3. The summed E-state index contributed by atoms with van der Waals surface area (Å²) >= 11 is 6.11. The van der Waals surface area contributed by atoms with Crippen molar-refractivity contribution >= 4 is 45.6 Å². The second-order valence-electron chi connectivity index (χ2n) is 7.67. The van der Waals surface area contributed by atoms with Gasteiger partial charge in [0.1, 0.15) is 11.6 Å². The van der Waals surface area contributed by atoms with Gasteiger partial charge < -0.3 is 21.3 Å². The Bertz CT molecular complexity index is 1270. The zero-order valence-electron chi connectivity index (χ0n) is 17.3. The second-order valence-corrected chi connectivity index (χ2v) is 8.10. The van der Waals surface area contributed by atoms with Crippen molar-refractivity contribution in [2.75, 3.05) is 42.1 Å². The Morgan fingerprint density at radius 2 is 1.75 bits per heavy atom. The van der Waals surface area contributed by atoms with Crippen LogP contribution in [0, 0.1) is 5.82 Å². The Morgan fingerprint density at radius 3 is 2.53 bits per heavy atom. The third kappa shape index (κ3) is 4.04. The first-order chi connectivity index (χ1) is 15.6. The molecule has 162 valence electrons. The number of nitrogens with one attached hydrogen (secondary N) is 2. The number of nitrogens with two attached hydrogens (primary N) is 1. The van der Waals surface area contributed by atoms with E-state index in [1.54, 1.807) is 18.2 Å². The molecule has 0 unspecified atom stereocenters. The molecule has 0 saturated carbocycles. The first kappa shape index (κ1) is 20.5. The SMILES string of the molecule is Nc1nc(Nc2ccc(N3CCNCC3)cc2)nc2c(-c3cc(Cl)ccc3F)cccc12. The van der Waals surface area contributed by atoms with Gasteiger partial charge in [-0.15, -0.1) is 0 Å². The molecular formula is C24H22ClFN6. The van der Waals surface area contributed by atoms with Crippen LogP contribution in [-0.4, -0.2) is 36.1 Å². The highest BCUT2D eigenvalue weighted by molar-refractivity contribution is 6.31. The van der Waals surface area contributed by atoms with E-state index in [0.29, 0.717) is 38.8 Å². The normalized spacial score (nSPS) is 14.0. The monoisotopic (exact) mass is 448 g/mol. The molecule has 1 aliphatic rings. The summed E-state index contributed by atoms with van der Waals surface area (Å²) in [5.41, 5.74) is 9.77. The van der Waals surface area contributed by atoms with Crippen LogP contribution in [0.25, 0.3) is 22.0 Å². The number of hydrogen-bond donors (Lipinski definition) is 3. The third-order valence-corrected chi connectivity index (χ3v) is 5.82. The zero-order valence-corrected chi connectivity index (χ0v) is 18.0. The average Bonchev–Trinajstić information content (AvgIpc) is 2.81. The summed E-state index contributed by atoms with van der Waals surface area (Å²) < 4.78 is 14.6. The lowest BCUT2D eigenvalue weighted by Gasteiger charge is -2.29. The van der Waals surface area contributed by atoms with Crippen LogP contribution >= 0.6 is 11.6 Å². The van der Waals surface area contributed by atoms with E-state index < -0.39 is 0 Å². The molecular weight excluding hydrogens is 427 g/mol. The molecule has 1 aliphatic heterocycles. The molecule has 32 heavy (non-hydrogen) atoms. The fourth-order valence-corrected chi connectivity index (χ4v) is 4.13. The van der Waals surface area contributed by atoms with Crippen LogP contribution in [0.2, 0.25) is 5.02 Å². The third-order valence-electron chi connectivity index (χ3n) is 5.58. The van der Waals surface area contributed by atoms with E-state index in [1.165, 1.54) is 17.8 Å². The van der Waals surface area contributed by atoms with Crippen LogP contribution in [-0.2, 0) is 0 Å². The van der Waals surface area contributed by atoms with Crippen molar-refractivity contribution in [1.29, 1.82) is 0 Å². The number of piperazine rings is 1. The maximum Gasteiger partial charge on any atom is 0.229 e. The topological polar surface area (TPSA) is 79.1 Å². The molecule has 0 amide bonds. The molecule has 2 heterocycles. The average molecular weight is 449 g/mol. The Balaban J connectivity index is 1.49. The summed E-state index contributed by atoms with van der Waals surface area (Å²) in [5.74, 6) is 0.288. The molecule has 4 N–H and O–H groups in total. The summed E-state index contributed by atoms with van der Waals surface area (Å²) in [7, 11) is 0. The van der Waals surface area contributed by atoms with Crippen molar-refractivity contribution in [2.24, 2.45) is 0 Å². The van der Waals surface area contributed by atoms with E-state index in [2.05, 4.69) is 37.6 Å². The number of anilines is 4. The standard InChI is InChI=1S/C24H22ClFN6/c25-15-4-9-21(26)20(14-15)18-2-1-3-19-22(18)30-24(31-23(19)27)29-16-5-7-17(8-6-16)32-12-10-28-11-13-32/h1-9,14,28H,10-13H2,(H3,27,29,30,31). The van der Waals surface area contributed by atoms with Gasteiger partial charge in [-0.05, 0) is 48.5 Å². The van der Waals surface area contributed by atoms with Gasteiger partial charge >= 0.3 is 0 Å². The fraction of sp³-hybridized carbons (Fsp3) is 0.167. The van der Waals surface area contributed by atoms with Crippen LogP contribution < -0.4 is 21.3 Å². The summed E-state index contributed by atoms with van der Waals surface area (Å²) in [4.78, 5) is 11.4. The van der Waals surface area contributed by atoms with Crippen LogP contribution in [0.15, 0.2) is 60.7 Å². The lowest BCUT2D eigenvalue weighted by atomic mass is 10.0. The summed E-state index contributed by atoms with van der Waals surface area (Å²) in [5, 5.41) is 7.68. The molecule has 3 aromatic carbocycles. The number of hydrogen-bond acceptors (Lipinski definition) is 6. The van der Waals surface area contributed by atoms with Gasteiger partial charge in [0.05, 0.1) is 5.52 Å². The van der Waals surface area contributed by atoms with E-state index in [9.17, 15) is 4.39 Å². The van der Waals surface area contributed by atoms with Crippen molar-refractivity contribution in [2.45, 2.75) is 0 Å². The van der Waals surface area contributed by atoms with Gasteiger partial charge in [0, 0.05) is 59.1 Å². The number of para-hydroxylation sites is 1. The first-order valence-corrected chi connectivity index (χ1v) is 10.8. The summed E-state index contributed by atoms with van der Waals surface area (Å²) in [6.07, 6.45) is 0. The molecule has 1 fully saturated rings. The van der Waals surface area contributed by atoms with E-state index in [1.807, 2.05) is 18.2 Å². The van der Waals surface area contributed by atoms with Crippen molar-refractivity contribution in [3.63, 3.8) is 0 Å². The first-order valence-electron chi connectivity index (χ1n) is 10.4. The minimum atomic E-state index is -0.378. The smallest absolute Gasteiger partial charge is 0.229 e. The molecule has 0 atom stereocenters. The van der Waals surface area contributed by atoms with Crippen molar-refractivity contribution in [3.8, 4) is 11.1 Å². The van der Waals surface area contributed by atoms with Crippen LogP contribution in [0.4, 0.5) is 27.5 Å². The number of rotatable bonds is 4. The zero-order chi connectivity index (χ0) is 22.1. The largest absolute Gasteiger partial charge is 0.383 e. The molecule has 5 rings (SSSR count). The van der Waals surface area contributed by atoms with Gasteiger partial charge in [-0.1, -0.05) is 23.7 Å². The van der Waals surface area contributed by atoms with E-state index in [0.717, 1.165) is 31.9 Å². The minimum Gasteiger partial charge on any atom is -0.383 e. The Morgan fingerprint density at radius 1 is 0.969 bits per heavy atom. The molecule has 6 nitrogen and oxygen atoms in total. The maximum absolute atomic E-state index is 14.6. The second kappa shape index (κ2) is 8.61. The highest BCUT2D eigenvalue weighted by Gasteiger charge is 2.15. The van der Waals surface area contributed by atoms with Gasteiger partial charge in [0.25, 0.3) is 0 Å². The van der Waals surface area contributed by atoms with Gasteiger partial charge in [0.2, 0.25) is 5.95 Å². The molecule has 1 aromatic heterocycles. The van der Waals surface area contributed by atoms with Gasteiger partial charge in [-0.3, -0.25) is 0 Å². The lowest BCUT2D eigenvalue weighted by molar-refractivity contribution is 0.589. The summed E-state index contributed by atoms with van der Waals surface area (Å²) in [6, 6.07) is 18.0. The number of fused-ring (bicyclic) bond motifs is 1. The fourth-order valence-electron chi connectivity index (χ4n) is 3.96.